The molecule has 1 N–H and O–H groups in total. The Labute approximate surface area is 126 Å². The van der Waals surface area contributed by atoms with Gasteiger partial charge in [-0.2, -0.15) is 0 Å². The van der Waals surface area contributed by atoms with Crippen LogP contribution in [-0.4, -0.2) is 68.6 Å². The zero-order chi connectivity index (χ0) is 14.7. The Bertz CT molecular complexity index is 497. The number of hydrogen-bond donors (Lipinski definition) is 1. The molecule has 0 saturated carbocycles. The molecule has 0 unspecified atom stereocenters. The molecule has 0 aromatic heterocycles. The number of piperazine rings is 1. The fourth-order valence-corrected chi connectivity index (χ4v) is 3.02. The predicted octanol–water partition coefficient (Wildman–Crippen LogP) is 0.370. The van der Waals surface area contributed by atoms with Gasteiger partial charge in [-0.1, -0.05) is 18.2 Å². The summed E-state index contributed by atoms with van der Waals surface area (Å²) in [6.07, 6.45) is 0. The van der Waals surface area contributed by atoms with Gasteiger partial charge in [-0.25, -0.2) is 0 Å². The smallest absolute Gasteiger partial charge is 0.240 e. The summed E-state index contributed by atoms with van der Waals surface area (Å²) in [4.78, 5) is 19.1. The van der Waals surface area contributed by atoms with Crippen LogP contribution in [0.4, 0.5) is 5.69 Å². The molecule has 2 aliphatic heterocycles. The molecule has 5 heteroatoms. The second-order valence-electron chi connectivity index (χ2n) is 5.92. The van der Waals surface area contributed by atoms with Gasteiger partial charge in [0.1, 0.15) is 0 Å². The zero-order valence-corrected chi connectivity index (χ0v) is 12.7. The Hall–Kier alpha value is -1.43. The summed E-state index contributed by atoms with van der Waals surface area (Å²) >= 11 is 0. The molecule has 2 heterocycles. The molecule has 0 radical (unpaired) electrons. The van der Waals surface area contributed by atoms with Crippen LogP contribution in [0.2, 0.25) is 0 Å². The maximum atomic E-state index is 12.3. The largest absolute Gasteiger partial charge is 0.310 e. The van der Waals surface area contributed by atoms with Crippen LogP contribution in [-0.2, 0) is 11.3 Å². The zero-order valence-electron chi connectivity index (χ0n) is 12.7. The summed E-state index contributed by atoms with van der Waals surface area (Å²) in [5, 5.41) is 3.22. The molecule has 2 aliphatic rings. The van der Waals surface area contributed by atoms with Gasteiger partial charge >= 0.3 is 0 Å². The van der Waals surface area contributed by atoms with Gasteiger partial charge in [0.05, 0.1) is 6.54 Å². The van der Waals surface area contributed by atoms with Crippen molar-refractivity contribution in [3.8, 4) is 0 Å². The molecular weight excluding hydrogens is 264 g/mol. The average molecular weight is 288 g/mol. The van der Waals surface area contributed by atoms with Crippen LogP contribution in [0.15, 0.2) is 24.3 Å². The lowest BCUT2D eigenvalue weighted by atomic mass is 10.1. The van der Waals surface area contributed by atoms with Crippen molar-refractivity contribution < 1.29 is 4.79 Å². The highest BCUT2D eigenvalue weighted by molar-refractivity contribution is 5.96. The minimum Gasteiger partial charge on any atom is -0.310 e. The maximum Gasteiger partial charge on any atom is 0.240 e. The summed E-state index contributed by atoms with van der Waals surface area (Å²) in [6.45, 7) is 7.36. The minimum atomic E-state index is 0.175. The number of anilines is 1. The maximum absolute atomic E-state index is 12.3. The second kappa shape index (κ2) is 6.56. The van der Waals surface area contributed by atoms with E-state index in [0.29, 0.717) is 6.54 Å². The number of carbonyl (C=O) groups is 1. The van der Waals surface area contributed by atoms with Crippen molar-refractivity contribution in [2.75, 3.05) is 57.8 Å². The first-order valence-electron chi connectivity index (χ1n) is 7.74. The van der Waals surface area contributed by atoms with Crippen molar-refractivity contribution in [3.63, 3.8) is 0 Å². The Morgan fingerprint density at radius 1 is 1.05 bits per heavy atom. The van der Waals surface area contributed by atoms with E-state index in [1.54, 1.807) is 0 Å². The number of likely N-dealkylation sites (N-methyl/N-ethyl adjacent to an activating group) is 1. The van der Waals surface area contributed by atoms with Gasteiger partial charge < -0.3 is 15.1 Å². The number of hydrogen-bond acceptors (Lipinski definition) is 4. The molecule has 0 spiro atoms. The molecule has 1 aromatic rings. The van der Waals surface area contributed by atoms with Crippen molar-refractivity contribution in [2.45, 2.75) is 6.54 Å². The van der Waals surface area contributed by atoms with Crippen LogP contribution in [0.1, 0.15) is 5.56 Å². The third-order valence-corrected chi connectivity index (χ3v) is 4.41. The van der Waals surface area contributed by atoms with Crippen molar-refractivity contribution in [1.82, 2.24) is 15.1 Å². The lowest BCUT2D eigenvalue weighted by Crippen LogP contribution is -2.48. The van der Waals surface area contributed by atoms with Crippen molar-refractivity contribution in [2.24, 2.45) is 0 Å². The van der Waals surface area contributed by atoms with Gasteiger partial charge in [-0.05, 0) is 18.7 Å². The average Bonchev–Trinajstić information content (AvgIpc) is 2.65. The molecule has 1 saturated heterocycles. The summed E-state index contributed by atoms with van der Waals surface area (Å²) in [7, 11) is 2.16. The first kappa shape index (κ1) is 14.5. The number of benzene rings is 1. The van der Waals surface area contributed by atoms with E-state index in [4.69, 9.17) is 0 Å². The lowest BCUT2D eigenvalue weighted by molar-refractivity contribution is -0.117. The minimum absolute atomic E-state index is 0.175. The molecule has 1 amide bonds. The number of fused-ring (bicyclic) bond motifs is 1. The molecule has 114 valence electrons. The first-order valence-corrected chi connectivity index (χ1v) is 7.74. The predicted molar refractivity (Wildman–Crippen MR) is 84.4 cm³/mol. The summed E-state index contributed by atoms with van der Waals surface area (Å²) in [5.74, 6) is 0.175. The highest BCUT2D eigenvalue weighted by Gasteiger charge is 2.22. The van der Waals surface area contributed by atoms with Gasteiger partial charge in [0.25, 0.3) is 0 Å². The van der Waals surface area contributed by atoms with Crippen LogP contribution in [0.5, 0.6) is 0 Å². The Balaban J connectivity index is 1.67. The van der Waals surface area contributed by atoms with Crippen molar-refractivity contribution >= 4 is 11.6 Å². The van der Waals surface area contributed by atoms with E-state index in [9.17, 15) is 4.79 Å². The fourth-order valence-electron chi connectivity index (χ4n) is 3.02. The first-order chi connectivity index (χ1) is 10.2. The van der Waals surface area contributed by atoms with Crippen LogP contribution < -0.4 is 10.2 Å². The van der Waals surface area contributed by atoms with Gasteiger partial charge in [0.15, 0.2) is 0 Å². The number of nitrogens with zero attached hydrogens (tertiary/aromatic N) is 3. The van der Waals surface area contributed by atoms with Gasteiger partial charge in [0, 0.05) is 51.5 Å². The molecule has 3 rings (SSSR count). The van der Waals surface area contributed by atoms with E-state index in [1.165, 1.54) is 5.56 Å². The van der Waals surface area contributed by atoms with E-state index in [2.05, 4.69) is 34.3 Å². The summed E-state index contributed by atoms with van der Waals surface area (Å²) in [6, 6.07) is 8.21. The number of rotatable bonds is 3. The van der Waals surface area contributed by atoms with E-state index >= 15 is 0 Å². The third kappa shape index (κ3) is 3.43. The topological polar surface area (TPSA) is 38.8 Å². The molecule has 1 aromatic carbocycles. The molecule has 21 heavy (non-hydrogen) atoms. The quantitative estimate of drug-likeness (QED) is 0.872. The van der Waals surface area contributed by atoms with E-state index in [1.807, 2.05) is 17.0 Å². The van der Waals surface area contributed by atoms with Gasteiger partial charge in [-0.3, -0.25) is 9.69 Å². The Morgan fingerprint density at radius 2 is 1.81 bits per heavy atom. The van der Waals surface area contributed by atoms with Crippen LogP contribution in [0.3, 0.4) is 0 Å². The highest BCUT2D eigenvalue weighted by atomic mass is 16.2. The van der Waals surface area contributed by atoms with Crippen molar-refractivity contribution in [1.29, 1.82) is 0 Å². The third-order valence-electron chi connectivity index (χ3n) is 4.41. The number of nitrogens with one attached hydrogen (secondary N) is 1. The van der Waals surface area contributed by atoms with Gasteiger partial charge in [-0.15, -0.1) is 0 Å². The van der Waals surface area contributed by atoms with Crippen molar-refractivity contribution in [3.05, 3.63) is 29.8 Å². The molecular formula is C16H24N4O. The van der Waals surface area contributed by atoms with Crippen LogP contribution in [0, 0.1) is 0 Å². The lowest BCUT2D eigenvalue weighted by Gasteiger charge is -2.34. The number of amides is 1. The Morgan fingerprint density at radius 3 is 2.62 bits per heavy atom. The molecule has 0 aliphatic carbocycles. The number of para-hydroxylation sites is 1. The summed E-state index contributed by atoms with van der Waals surface area (Å²) < 4.78 is 0. The summed E-state index contributed by atoms with van der Waals surface area (Å²) in [5.41, 5.74) is 2.28. The molecule has 5 nitrogen and oxygen atoms in total. The molecule has 1 fully saturated rings. The van der Waals surface area contributed by atoms with E-state index < -0.39 is 0 Å². The highest BCUT2D eigenvalue weighted by Crippen LogP contribution is 2.22. The second-order valence-corrected chi connectivity index (χ2v) is 5.92. The SMILES string of the molecule is CN1CCN(CCN2C(=O)CNCc3ccccc32)CC1. The standard InChI is InChI=1S/C16H24N4O/c1-18-6-8-19(9-7-18)10-11-20-15-5-3-2-4-14(15)12-17-13-16(20)21/h2-5,17H,6-13H2,1H3. The monoisotopic (exact) mass is 288 g/mol. The van der Waals surface area contributed by atoms with Crippen LogP contribution in [0.25, 0.3) is 0 Å². The molecule has 0 bridgehead atoms. The molecule has 0 atom stereocenters. The Kier molecular flexibility index (Phi) is 4.53. The van der Waals surface area contributed by atoms with E-state index in [-0.39, 0.29) is 5.91 Å². The fraction of sp³-hybridized carbons (Fsp3) is 0.562. The normalized spacial score (nSPS) is 21.2. The van der Waals surface area contributed by atoms with Gasteiger partial charge in [0.2, 0.25) is 5.91 Å². The van der Waals surface area contributed by atoms with E-state index in [0.717, 1.165) is 51.5 Å². The number of carbonyl (C=O) groups excluding carboxylic acids is 1. The van der Waals surface area contributed by atoms with Crippen LogP contribution >= 0.6 is 0 Å².